The molecule has 0 N–H and O–H groups in total. The van der Waals surface area contributed by atoms with E-state index in [1.807, 2.05) is 30.3 Å². The van der Waals surface area contributed by atoms with Gasteiger partial charge in [-0.15, -0.1) is 6.58 Å². The Kier molecular flexibility index (Phi) is 6.89. The molecule has 0 saturated carbocycles. The number of ether oxygens (including phenoxy) is 2. The summed E-state index contributed by atoms with van der Waals surface area (Å²) in [4.78, 5) is 0. The molecule has 0 radical (unpaired) electrons. The molecule has 0 bridgehead atoms. The van der Waals surface area contributed by atoms with Gasteiger partial charge in [-0.2, -0.15) is 0 Å². The average Bonchev–Trinajstić information content (AvgIpc) is 2.58. The summed E-state index contributed by atoms with van der Waals surface area (Å²) in [5.41, 5.74) is 1.14. The molecule has 1 fully saturated rings. The molecule has 4 heteroatoms. The maximum Gasteiger partial charge on any atom is 0.192 e. The summed E-state index contributed by atoms with van der Waals surface area (Å²) in [6.45, 7) is 15.4. The molecule has 2 rings (SSSR count). The summed E-state index contributed by atoms with van der Waals surface area (Å²) in [5.74, 6) is 0.866. The van der Waals surface area contributed by atoms with Crippen LogP contribution in [0.15, 0.2) is 43.0 Å². The van der Waals surface area contributed by atoms with Crippen LogP contribution in [0.25, 0.3) is 6.08 Å². The fourth-order valence-corrected chi connectivity index (χ4v) is 4.23. The Hall–Kier alpha value is -1.36. The topological polar surface area (TPSA) is 27.7 Å². The minimum atomic E-state index is -1.79. The van der Waals surface area contributed by atoms with Gasteiger partial charge in [-0.25, -0.2) is 0 Å². The molecule has 3 nitrogen and oxygen atoms in total. The Morgan fingerprint density at radius 3 is 2.27 bits per heavy atom. The van der Waals surface area contributed by atoms with E-state index in [-0.39, 0.29) is 23.4 Å². The van der Waals surface area contributed by atoms with Crippen LogP contribution in [0.2, 0.25) is 18.1 Å². The van der Waals surface area contributed by atoms with Crippen molar-refractivity contribution >= 4 is 14.4 Å². The van der Waals surface area contributed by atoms with Gasteiger partial charge in [-0.1, -0.05) is 51.1 Å². The van der Waals surface area contributed by atoms with Crippen molar-refractivity contribution in [3.05, 3.63) is 48.6 Å². The summed E-state index contributed by atoms with van der Waals surface area (Å²) in [6.07, 6.45) is 8.24. The van der Waals surface area contributed by atoms with Gasteiger partial charge in [0.1, 0.15) is 5.75 Å². The zero-order valence-corrected chi connectivity index (χ0v) is 18.1. The molecule has 1 saturated heterocycles. The van der Waals surface area contributed by atoms with Gasteiger partial charge in [0, 0.05) is 12.8 Å². The van der Waals surface area contributed by atoms with Crippen molar-refractivity contribution in [1.82, 2.24) is 0 Å². The predicted molar refractivity (Wildman–Crippen MR) is 112 cm³/mol. The number of hydrogen-bond acceptors (Lipinski definition) is 3. The summed E-state index contributed by atoms with van der Waals surface area (Å²) in [7, 11) is -0.110. The van der Waals surface area contributed by atoms with Crippen molar-refractivity contribution in [3.63, 3.8) is 0 Å². The van der Waals surface area contributed by atoms with Crippen LogP contribution in [0.4, 0.5) is 0 Å². The van der Waals surface area contributed by atoms with E-state index < -0.39 is 8.32 Å². The molecule has 1 aromatic rings. The van der Waals surface area contributed by atoms with Gasteiger partial charge in [0.25, 0.3) is 0 Å². The van der Waals surface area contributed by atoms with Crippen LogP contribution >= 0.6 is 0 Å². The Balaban J connectivity index is 2.06. The molecule has 1 aromatic carbocycles. The summed E-state index contributed by atoms with van der Waals surface area (Å²) in [5, 5.41) is 0.212. The minimum absolute atomic E-state index is 0.0450. The zero-order chi connectivity index (χ0) is 19.4. The summed E-state index contributed by atoms with van der Waals surface area (Å²) >= 11 is 0. The van der Waals surface area contributed by atoms with Crippen LogP contribution in [-0.4, -0.2) is 33.7 Å². The Labute approximate surface area is 160 Å². The van der Waals surface area contributed by atoms with Crippen molar-refractivity contribution in [2.45, 2.75) is 70.1 Å². The lowest BCUT2D eigenvalue weighted by atomic mass is 10.00. The molecule has 0 aliphatic carbocycles. The highest BCUT2D eigenvalue weighted by Crippen LogP contribution is 2.39. The first-order valence-corrected chi connectivity index (χ1v) is 12.3. The molecule has 0 amide bonds. The van der Waals surface area contributed by atoms with E-state index in [1.54, 1.807) is 7.11 Å². The molecule has 3 atom stereocenters. The van der Waals surface area contributed by atoms with E-state index in [4.69, 9.17) is 13.9 Å². The second kappa shape index (κ2) is 8.55. The average molecular weight is 375 g/mol. The lowest BCUT2D eigenvalue weighted by molar-refractivity contribution is -0.0501. The molecule has 26 heavy (non-hydrogen) atoms. The lowest BCUT2D eigenvalue weighted by Crippen LogP contribution is -2.47. The third-order valence-corrected chi connectivity index (χ3v) is 10.0. The van der Waals surface area contributed by atoms with Gasteiger partial charge < -0.3 is 13.9 Å². The monoisotopic (exact) mass is 374 g/mol. The minimum Gasteiger partial charge on any atom is -0.497 e. The van der Waals surface area contributed by atoms with E-state index in [1.165, 1.54) is 0 Å². The first-order valence-electron chi connectivity index (χ1n) is 9.42. The van der Waals surface area contributed by atoms with Crippen LogP contribution < -0.4 is 4.74 Å². The molecule has 1 aliphatic heterocycles. The van der Waals surface area contributed by atoms with E-state index in [2.05, 4.69) is 52.6 Å². The first-order chi connectivity index (χ1) is 12.1. The molecule has 0 unspecified atom stereocenters. The van der Waals surface area contributed by atoms with E-state index in [0.29, 0.717) is 0 Å². The number of hydrogen-bond donors (Lipinski definition) is 0. The highest BCUT2D eigenvalue weighted by Gasteiger charge is 2.41. The van der Waals surface area contributed by atoms with Crippen molar-refractivity contribution < 1.29 is 13.9 Å². The van der Waals surface area contributed by atoms with E-state index >= 15 is 0 Å². The van der Waals surface area contributed by atoms with Crippen LogP contribution in [0, 0.1) is 0 Å². The molecule has 0 spiro atoms. The van der Waals surface area contributed by atoms with Gasteiger partial charge >= 0.3 is 0 Å². The Bertz CT molecular complexity index is 613. The second-order valence-corrected chi connectivity index (χ2v) is 13.3. The van der Waals surface area contributed by atoms with Gasteiger partial charge in [0.05, 0.1) is 25.4 Å². The molecule has 144 valence electrons. The number of methoxy groups -OCH3 is 1. The molecular formula is C22H34O3Si. The third kappa shape index (κ3) is 5.57. The summed E-state index contributed by atoms with van der Waals surface area (Å²) in [6, 6.07) is 8.04. The van der Waals surface area contributed by atoms with Crippen molar-refractivity contribution in [3.8, 4) is 5.75 Å². The van der Waals surface area contributed by atoms with Crippen LogP contribution in [-0.2, 0) is 9.16 Å². The maximum atomic E-state index is 6.65. The van der Waals surface area contributed by atoms with Crippen LogP contribution in [0.1, 0.15) is 39.2 Å². The highest BCUT2D eigenvalue weighted by molar-refractivity contribution is 6.74. The second-order valence-electron chi connectivity index (χ2n) is 8.55. The first kappa shape index (κ1) is 20.9. The SMILES string of the molecule is C=C[C@H]1C[C@H](O[Si](C)(C)C(C)(C)C)C[C@@H](/C=C\c2ccc(OC)cc2)O1. The molecular weight excluding hydrogens is 340 g/mol. The van der Waals surface area contributed by atoms with Gasteiger partial charge in [0.2, 0.25) is 0 Å². The third-order valence-electron chi connectivity index (χ3n) is 5.49. The summed E-state index contributed by atoms with van der Waals surface area (Å²) < 4.78 is 18.0. The smallest absolute Gasteiger partial charge is 0.192 e. The van der Waals surface area contributed by atoms with Crippen molar-refractivity contribution in [1.29, 1.82) is 0 Å². The Morgan fingerprint density at radius 1 is 1.12 bits per heavy atom. The normalized spacial score (nSPS) is 24.6. The van der Waals surface area contributed by atoms with Crippen LogP contribution in [0.3, 0.4) is 0 Å². The fraction of sp³-hybridized carbons (Fsp3) is 0.545. The number of benzene rings is 1. The lowest BCUT2D eigenvalue weighted by Gasteiger charge is -2.42. The zero-order valence-electron chi connectivity index (χ0n) is 17.1. The predicted octanol–water partition coefficient (Wildman–Crippen LogP) is 5.83. The fourth-order valence-electron chi connectivity index (χ4n) is 2.85. The Morgan fingerprint density at radius 2 is 1.73 bits per heavy atom. The van der Waals surface area contributed by atoms with Crippen molar-refractivity contribution in [2.24, 2.45) is 0 Å². The largest absolute Gasteiger partial charge is 0.497 e. The number of rotatable bonds is 6. The maximum absolute atomic E-state index is 6.65. The van der Waals surface area contributed by atoms with E-state index in [0.717, 1.165) is 24.2 Å². The van der Waals surface area contributed by atoms with Crippen molar-refractivity contribution in [2.75, 3.05) is 7.11 Å². The molecule has 0 aromatic heterocycles. The highest BCUT2D eigenvalue weighted by atomic mass is 28.4. The van der Waals surface area contributed by atoms with E-state index in [9.17, 15) is 0 Å². The molecule has 1 aliphatic rings. The van der Waals surface area contributed by atoms with Gasteiger partial charge in [0.15, 0.2) is 8.32 Å². The van der Waals surface area contributed by atoms with Gasteiger partial charge in [-0.05, 0) is 35.8 Å². The van der Waals surface area contributed by atoms with Crippen LogP contribution in [0.5, 0.6) is 5.75 Å². The standard InChI is InChI=1S/C22H34O3Si/c1-8-18-15-21(25-26(6,7)22(2,3)4)16-20(24-18)14-11-17-9-12-19(23-5)13-10-17/h8-14,18,20-21H,1,15-16H2,2-7H3/b14-11-/t18-,20+,21-/m0/s1. The van der Waals surface area contributed by atoms with Gasteiger partial charge in [-0.3, -0.25) is 0 Å². The molecule has 1 heterocycles. The quantitative estimate of drug-likeness (QED) is 0.463.